The molecule has 8 heteroatoms. The number of rotatable bonds is 14. The number of carbonyl (C=O) groups is 1. The minimum atomic E-state index is -0.442. The maximum atomic E-state index is 11.3. The van der Waals surface area contributed by atoms with E-state index in [2.05, 4.69) is 19.2 Å². The molecule has 8 nitrogen and oxygen atoms in total. The highest BCUT2D eigenvalue weighted by Gasteiger charge is 2.34. The molecular formula is C30H49NO7. The maximum Gasteiger partial charge on any atom is 0.309 e. The maximum absolute atomic E-state index is 11.3. The Kier molecular flexibility index (Phi) is 14.6. The number of aliphatic hydroxyl groups excluding tert-OH is 3. The van der Waals surface area contributed by atoms with E-state index in [-0.39, 0.29) is 61.5 Å². The smallest absolute Gasteiger partial charge is 0.309 e. The first-order valence-electron chi connectivity index (χ1n) is 14.3. The van der Waals surface area contributed by atoms with Crippen LogP contribution in [0.4, 0.5) is 0 Å². The molecule has 0 radical (unpaired) electrons. The summed E-state index contributed by atoms with van der Waals surface area (Å²) in [6.07, 6.45) is 9.61. The van der Waals surface area contributed by atoms with Gasteiger partial charge < -0.3 is 29.5 Å². The molecule has 8 atom stereocenters. The SMILES string of the molecule is C=C1C[C@H](CCCO)O[C@H]1CCC(O)C[C@@H](C)C#N.C=C1C[C@H](CCCO)O[C@H]1CCC1C[C@@H](C)C(=O)O1. The van der Waals surface area contributed by atoms with Gasteiger partial charge in [0, 0.05) is 19.1 Å². The van der Waals surface area contributed by atoms with Gasteiger partial charge in [0.05, 0.1) is 42.5 Å². The van der Waals surface area contributed by atoms with E-state index in [9.17, 15) is 9.90 Å². The lowest BCUT2D eigenvalue weighted by atomic mass is 9.98. The topological polar surface area (TPSA) is 129 Å². The van der Waals surface area contributed by atoms with Gasteiger partial charge in [-0.3, -0.25) is 4.79 Å². The fraction of sp³-hybridized carbons (Fsp3) is 0.800. The summed E-state index contributed by atoms with van der Waals surface area (Å²) in [4.78, 5) is 11.3. The zero-order valence-corrected chi connectivity index (χ0v) is 23.4. The van der Waals surface area contributed by atoms with E-state index in [1.54, 1.807) is 0 Å². The molecule has 0 saturated carbocycles. The van der Waals surface area contributed by atoms with Crippen LogP contribution in [-0.2, 0) is 19.0 Å². The summed E-state index contributed by atoms with van der Waals surface area (Å²) in [5.41, 5.74) is 2.23. The molecule has 0 bridgehead atoms. The first kappa shape index (κ1) is 32.5. The fourth-order valence-corrected chi connectivity index (χ4v) is 5.38. The van der Waals surface area contributed by atoms with E-state index < -0.39 is 6.10 Å². The number of esters is 1. The summed E-state index contributed by atoms with van der Waals surface area (Å²) in [6.45, 7) is 12.2. The molecule has 3 saturated heterocycles. The van der Waals surface area contributed by atoms with Gasteiger partial charge in [-0.25, -0.2) is 0 Å². The zero-order chi connectivity index (χ0) is 28.1. The highest BCUT2D eigenvalue weighted by Crippen LogP contribution is 2.33. The fourth-order valence-electron chi connectivity index (χ4n) is 5.38. The number of nitriles is 1. The Morgan fingerprint density at radius 3 is 1.97 bits per heavy atom. The lowest BCUT2D eigenvalue weighted by Gasteiger charge is -2.16. The first-order chi connectivity index (χ1) is 18.2. The Balaban J connectivity index is 0.000000267. The second-order valence-electron chi connectivity index (χ2n) is 11.2. The molecule has 3 heterocycles. The van der Waals surface area contributed by atoms with Crippen LogP contribution < -0.4 is 0 Å². The molecule has 0 spiro atoms. The third-order valence-corrected chi connectivity index (χ3v) is 7.63. The summed E-state index contributed by atoms with van der Waals surface area (Å²) in [5, 5.41) is 36.2. The molecular weight excluding hydrogens is 486 g/mol. The van der Waals surface area contributed by atoms with Crippen molar-refractivity contribution in [1.29, 1.82) is 5.26 Å². The monoisotopic (exact) mass is 535 g/mol. The van der Waals surface area contributed by atoms with Gasteiger partial charge >= 0.3 is 5.97 Å². The molecule has 0 aliphatic carbocycles. The standard InChI is InChI=1S/C15H25NO3.C15H24O4/c1-11(10-16)8-13(18)5-6-15-12(2)9-14(19-15)4-3-7-17;1-10-8-12(4-3-7-16)18-14(10)6-5-13-9-11(2)15(17)19-13/h11,13-15,17-18H,2-9H2,1H3;11-14,16H,1,3-9H2,2H3/t11-,13?,14+,15+;11-,12+,13?,14+/m11/s1. The number of ether oxygens (including phenoxy) is 3. The molecule has 38 heavy (non-hydrogen) atoms. The Morgan fingerprint density at radius 2 is 1.50 bits per heavy atom. The van der Waals surface area contributed by atoms with Gasteiger partial charge in [0.1, 0.15) is 6.10 Å². The highest BCUT2D eigenvalue weighted by atomic mass is 16.6. The number of cyclic esters (lactones) is 1. The van der Waals surface area contributed by atoms with Gasteiger partial charge in [0.2, 0.25) is 0 Å². The van der Waals surface area contributed by atoms with Gasteiger partial charge in [0.25, 0.3) is 0 Å². The van der Waals surface area contributed by atoms with Crippen LogP contribution >= 0.6 is 0 Å². The Labute approximate surface area is 228 Å². The van der Waals surface area contributed by atoms with Gasteiger partial charge in [-0.2, -0.15) is 5.26 Å². The number of hydrogen-bond acceptors (Lipinski definition) is 8. The summed E-state index contributed by atoms with van der Waals surface area (Å²) in [7, 11) is 0. The second-order valence-corrected chi connectivity index (χ2v) is 11.2. The molecule has 216 valence electrons. The molecule has 3 aliphatic rings. The van der Waals surface area contributed by atoms with Crippen LogP contribution in [0.15, 0.2) is 24.3 Å². The van der Waals surface area contributed by atoms with Crippen LogP contribution in [0.25, 0.3) is 0 Å². The molecule has 0 aromatic carbocycles. The second kappa shape index (κ2) is 17.0. The molecule has 2 unspecified atom stereocenters. The van der Waals surface area contributed by atoms with Crippen LogP contribution in [-0.4, -0.2) is 71.1 Å². The quantitative estimate of drug-likeness (QED) is 0.221. The van der Waals surface area contributed by atoms with E-state index >= 15 is 0 Å². The molecule has 3 rings (SSSR count). The minimum Gasteiger partial charge on any atom is -0.462 e. The van der Waals surface area contributed by atoms with E-state index in [1.165, 1.54) is 0 Å². The minimum absolute atomic E-state index is 0.0238. The van der Waals surface area contributed by atoms with Crippen molar-refractivity contribution < 1.29 is 34.3 Å². The first-order valence-corrected chi connectivity index (χ1v) is 14.3. The van der Waals surface area contributed by atoms with Gasteiger partial charge in [0.15, 0.2) is 0 Å². The van der Waals surface area contributed by atoms with Crippen molar-refractivity contribution in [1.82, 2.24) is 0 Å². The number of nitrogens with zero attached hydrogens (tertiary/aromatic N) is 1. The normalized spacial score (nSPS) is 30.5. The van der Waals surface area contributed by atoms with Crippen molar-refractivity contribution in [3.63, 3.8) is 0 Å². The van der Waals surface area contributed by atoms with Crippen molar-refractivity contribution in [3.05, 3.63) is 24.3 Å². The number of carbonyl (C=O) groups excluding carboxylic acids is 1. The average molecular weight is 536 g/mol. The van der Waals surface area contributed by atoms with E-state index in [0.717, 1.165) is 75.4 Å². The van der Waals surface area contributed by atoms with Crippen LogP contribution in [0.2, 0.25) is 0 Å². The van der Waals surface area contributed by atoms with Crippen LogP contribution in [0, 0.1) is 23.2 Å². The van der Waals surface area contributed by atoms with Crippen molar-refractivity contribution in [2.45, 2.75) is 128 Å². The number of hydrogen-bond donors (Lipinski definition) is 3. The Morgan fingerprint density at radius 1 is 0.947 bits per heavy atom. The molecule has 0 aromatic rings. The lowest BCUT2D eigenvalue weighted by molar-refractivity contribution is -0.144. The predicted octanol–water partition coefficient (Wildman–Crippen LogP) is 4.37. The van der Waals surface area contributed by atoms with E-state index in [1.807, 2.05) is 13.8 Å². The van der Waals surface area contributed by atoms with Crippen LogP contribution in [0.3, 0.4) is 0 Å². The number of aliphatic hydroxyl groups is 3. The molecule has 0 aromatic heterocycles. The predicted molar refractivity (Wildman–Crippen MR) is 145 cm³/mol. The lowest BCUT2D eigenvalue weighted by Crippen LogP contribution is -2.17. The summed E-state index contributed by atoms with van der Waals surface area (Å²) >= 11 is 0. The third kappa shape index (κ3) is 11.2. The van der Waals surface area contributed by atoms with Gasteiger partial charge in [-0.15, -0.1) is 0 Å². The van der Waals surface area contributed by atoms with Gasteiger partial charge in [-0.05, 0) is 95.1 Å². The van der Waals surface area contributed by atoms with Crippen molar-refractivity contribution in [3.8, 4) is 6.07 Å². The van der Waals surface area contributed by atoms with E-state index in [4.69, 9.17) is 29.7 Å². The molecule has 3 N–H and O–H groups in total. The highest BCUT2D eigenvalue weighted by molar-refractivity contribution is 5.74. The van der Waals surface area contributed by atoms with Crippen molar-refractivity contribution in [2.24, 2.45) is 11.8 Å². The summed E-state index contributed by atoms with van der Waals surface area (Å²) < 4.78 is 17.1. The zero-order valence-electron chi connectivity index (χ0n) is 23.4. The summed E-state index contributed by atoms with van der Waals surface area (Å²) in [6, 6.07) is 2.13. The van der Waals surface area contributed by atoms with E-state index in [0.29, 0.717) is 12.8 Å². The van der Waals surface area contributed by atoms with Crippen LogP contribution in [0.5, 0.6) is 0 Å². The largest absolute Gasteiger partial charge is 0.462 e. The summed E-state index contributed by atoms with van der Waals surface area (Å²) in [5.74, 6) is -0.146. The molecule has 3 aliphatic heterocycles. The van der Waals surface area contributed by atoms with Crippen molar-refractivity contribution in [2.75, 3.05) is 13.2 Å². The molecule has 0 amide bonds. The Hall–Kier alpha value is -1.76. The Bertz CT molecular complexity index is 794. The van der Waals surface area contributed by atoms with Crippen LogP contribution in [0.1, 0.15) is 90.9 Å². The average Bonchev–Trinajstić information content (AvgIpc) is 3.54. The van der Waals surface area contributed by atoms with Gasteiger partial charge in [-0.1, -0.05) is 20.1 Å². The molecule has 3 fully saturated rings. The van der Waals surface area contributed by atoms with Crippen molar-refractivity contribution >= 4 is 5.97 Å². The third-order valence-electron chi connectivity index (χ3n) is 7.63.